The minimum atomic E-state index is -1.03. The van der Waals surface area contributed by atoms with Crippen LogP contribution in [0.1, 0.15) is 27.0 Å². The highest BCUT2D eigenvalue weighted by Crippen LogP contribution is 2.38. The molecule has 31 heavy (non-hydrogen) atoms. The maximum absolute atomic E-state index is 13.1. The molecule has 3 rings (SSSR count). The second kappa shape index (κ2) is 9.92. The monoisotopic (exact) mass is 481 g/mol. The second-order valence-corrected chi connectivity index (χ2v) is 7.36. The van der Waals surface area contributed by atoms with Crippen LogP contribution < -0.4 is 9.47 Å². The van der Waals surface area contributed by atoms with Gasteiger partial charge in [-0.05, 0) is 75.1 Å². The summed E-state index contributed by atoms with van der Waals surface area (Å²) in [6, 6.07) is 17.7. The molecule has 0 saturated carbocycles. The first kappa shape index (κ1) is 22.1. The van der Waals surface area contributed by atoms with Crippen molar-refractivity contribution in [2.24, 2.45) is 0 Å². The number of allylic oxidation sites excluding steroid dienone is 1. The lowest BCUT2D eigenvalue weighted by Gasteiger charge is -2.14. The molecule has 0 radical (unpaired) electrons. The average molecular weight is 482 g/mol. The smallest absolute Gasteiger partial charge is 0.335 e. The third-order valence-corrected chi connectivity index (χ3v) is 5.01. The lowest BCUT2D eigenvalue weighted by molar-refractivity contribution is 0.0697. The summed E-state index contributed by atoms with van der Waals surface area (Å²) >= 11 is 3.48. The molecule has 0 atom stereocenters. The van der Waals surface area contributed by atoms with E-state index in [9.17, 15) is 14.4 Å². The molecule has 0 bridgehead atoms. The summed E-state index contributed by atoms with van der Waals surface area (Å²) in [6.07, 6.45) is 1.67. The topological polar surface area (TPSA) is 79.5 Å². The summed E-state index contributed by atoms with van der Waals surface area (Å²) in [5, 5.41) is 18.6. The van der Waals surface area contributed by atoms with Crippen molar-refractivity contribution >= 4 is 33.5 Å². The number of aromatic carboxylic acids is 1. The molecule has 0 heterocycles. The van der Waals surface area contributed by atoms with Crippen LogP contribution in [-0.4, -0.2) is 18.2 Å². The van der Waals surface area contributed by atoms with Crippen LogP contribution in [0.25, 0.3) is 11.6 Å². The number of halogens is 2. The van der Waals surface area contributed by atoms with E-state index in [0.29, 0.717) is 32.7 Å². The third-order valence-electron chi connectivity index (χ3n) is 4.42. The van der Waals surface area contributed by atoms with Crippen molar-refractivity contribution in [3.63, 3.8) is 0 Å². The maximum atomic E-state index is 13.1. The van der Waals surface area contributed by atoms with Crippen molar-refractivity contribution in [3.8, 4) is 17.6 Å². The largest absolute Gasteiger partial charge is 0.493 e. The number of carboxylic acids is 1. The predicted octanol–water partition coefficient (Wildman–Crippen LogP) is 5.94. The van der Waals surface area contributed by atoms with Crippen LogP contribution in [0.15, 0.2) is 65.1 Å². The van der Waals surface area contributed by atoms with Gasteiger partial charge < -0.3 is 14.6 Å². The van der Waals surface area contributed by atoms with Gasteiger partial charge in [-0.3, -0.25) is 0 Å². The van der Waals surface area contributed by atoms with Crippen LogP contribution in [0, 0.1) is 17.1 Å². The summed E-state index contributed by atoms with van der Waals surface area (Å²) in [4.78, 5) is 11.0. The molecule has 3 aromatic carbocycles. The Hall–Kier alpha value is -3.63. The number of ether oxygens (including phenoxy) is 2. The number of nitriles is 1. The van der Waals surface area contributed by atoms with Gasteiger partial charge in [0.1, 0.15) is 12.4 Å². The fourth-order valence-electron chi connectivity index (χ4n) is 2.84. The van der Waals surface area contributed by atoms with Crippen molar-refractivity contribution in [2.45, 2.75) is 6.61 Å². The molecule has 7 heteroatoms. The Morgan fingerprint density at radius 3 is 2.35 bits per heavy atom. The number of carbonyl (C=O) groups is 1. The average Bonchev–Trinajstić information content (AvgIpc) is 2.77. The van der Waals surface area contributed by atoms with Crippen molar-refractivity contribution < 1.29 is 23.8 Å². The van der Waals surface area contributed by atoms with Crippen molar-refractivity contribution in [1.82, 2.24) is 0 Å². The van der Waals surface area contributed by atoms with Crippen LogP contribution >= 0.6 is 15.9 Å². The number of benzene rings is 3. The molecule has 3 aromatic rings. The Morgan fingerprint density at radius 2 is 1.77 bits per heavy atom. The Labute approximate surface area is 187 Å². The van der Waals surface area contributed by atoms with Gasteiger partial charge in [0.25, 0.3) is 0 Å². The molecule has 0 aliphatic heterocycles. The molecule has 0 unspecified atom stereocenters. The van der Waals surface area contributed by atoms with Crippen molar-refractivity contribution in [1.29, 1.82) is 5.26 Å². The zero-order chi connectivity index (χ0) is 22.4. The molecule has 0 spiro atoms. The fraction of sp³-hybridized carbons (Fsp3) is 0.0833. The van der Waals surface area contributed by atoms with Crippen LogP contribution in [0.3, 0.4) is 0 Å². The van der Waals surface area contributed by atoms with E-state index >= 15 is 0 Å². The lowest BCUT2D eigenvalue weighted by atomic mass is 10.0. The van der Waals surface area contributed by atoms with E-state index in [2.05, 4.69) is 22.0 Å². The van der Waals surface area contributed by atoms with E-state index in [-0.39, 0.29) is 18.0 Å². The fourth-order valence-corrected chi connectivity index (χ4v) is 3.41. The summed E-state index contributed by atoms with van der Waals surface area (Å²) in [5.41, 5.74) is 2.60. The highest BCUT2D eigenvalue weighted by atomic mass is 79.9. The van der Waals surface area contributed by atoms with E-state index in [4.69, 9.17) is 14.6 Å². The molecule has 0 aromatic heterocycles. The molecule has 0 fully saturated rings. The number of hydrogen-bond donors (Lipinski definition) is 1. The van der Waals surface area contributed by atoms with Crippen LogP contribution in [0.4, 0.5) is 4.39 Å². The van der Waals surface area contributed by atoms with Gasteiger partial charge in [-0.2, -0.15) is 5.26 Å². The summed E-state index contributed by atoms with van der Waals surface area (Å²) in [6.45, 7) is 0.226. The highest BCUT2D eigenvalue weighted by molar-refractivity contribution is 9.10. The van der Waals surface area contributed by atoms with Gasteiger partial charge in [-0.25, -0.2) is 9.18 Å². The van der Waals surface area contributed by atoms with E-state index < -0.39 is 5.97 Å². The standard InChI is InChI=1S/C24H17BrFNO4/c1-30-22-12-16(10-19(13-27)17-4-6-18(7-5-17)24(28)29)11-21(25)23(22)31-14-15-2-8-20(26)9-3-15/h2-12H,14H2,1H3,(H,28,29)/b19-10-. The van der Waals surface area contributed by atoms with E-state index in [1.807, 2.05) is 0 Å². The predicted molar refractivity (Wildman–Crippen MR) is 118 cm³/mol. The van der Waals surface area contributed by atoms with Crippen molar-refractivity contribution in [3.05, 3.63) is 93.2 Å². The molecular formula is C24H17BrFNO4. The Morgan fingerprint density at radius 1 is 1.13 bits per heavy atom. The third kappa shape index (κ3) is 5.50. The number of rotatable bonds is 7. The van der Waals surface area contributed by atoms with Crippen LogP contribution in [-0.2, 0) is 6.61 Å². The van der Waals surface area contributed by atoms with E-state index in [1.165, 1.54) is 31.4 Å². The Bertz CT molecular complexity index is 1170. The SMILES string of the molecule is COc1cc(/C=C(/C#N)c2ccc(C(=O)O)cc2)cc(Br)c1OCc1ccc(F)cc1. The first-order chi connectivity index (χ1) is 14.9. The molecule has 0 aliphatic carbocycles. The van der Waals surface area contributed by atoms with E-state index in [0.717, 1.165) is 5.56 Å². The molecule has 0 amide bonds. The maximum Gasteiger partial charge on any atom is 0.335 e. The Kier molecular flexibility index (Phi) is 7.06. The highest BCUT2D eigenvalue weighted by Gasteiger charge is 2.13. The van der Waals surface area contributed by atoms with Crippen molar-refractivity contribution in [2.75, 3.05) is 7.11 Å². The summed E-state index contributed by atoms with van der Waals surface area (Å²) < 4.78 is 25.0. The molecule has 0 aliphatic rings. The van der Waals surface area contributed by atoms with Gasteiger partial charge in [0.2, 0.25) is 0 Å². The molecule has 5 nitrogen and oxygen atoms in total. The summed E-state index contributed by atoms with van der Waals surface area (Å²) in [5.74, 6) is -0.405. The van der Waals surface area contributed by atoms with Gasteiger partial charge in [0.15, 0.2) is 11.5 Å². The van der Waals surface area contributed by atoms with Gasteiger partial charge in [0, 0.05) is 0 Å². The zero-order valence-corrected chi connectivity index (χ0v) is 18.0. The minimum Gasteiger partial charge on any atom is -0.493 e. The van der Waals surface area contributed by atoms with E-state index in [1.54, 1.807) is 42.5 Å². The summed E-state index contributed by atoms with van der Waals surface area (Å²) in [7, 11) is 1.51. The normalized spacial score (nSPS) is 11.0. The minimum absolute atomic E-state index is 0.146. The number of methoxy groups -OCH3 is 1. The zero-order valence-electron chi connectivity index (χ0n) is 16.4. The van der Waals surface area contributed by atoms with Gasteiger partial charge in [0.05, 0.1) is 28.8 Å². The van der Waals surface area contributed by atoms with Crippen LogP contribution in [0.5, 0.6) is 11.5 Å². The Balaban J connectivity index is 1.87. The lowest BCUT2D eigenvalue weighted by Crippen LogP contribution is -1.99. The quantitative estimate of drug-likeness (QED) is 0.333. The number of hydrogen-bond acceptors (Lipinski definition) is 4. The first-order valence-electron chi connectivity index (χ1n) is 9.11. The molecular weight excluding hydrogens is 465 g/mol. The second-order valence-electron chi connectivity index (χ2n) is 6.50. The van der Waals surface area contributed by atoms with Gasteiger partial charge in [-0.1, -0.05) is 24.3 Å². The molecule has 1 N–H and O–H groups in total. The molecule has 0 saturated heterocycles. The van der Waals surface area contributed by atoms with Gasteiger partial charge in [-0.15, -0.1) is 0 Å². The number of carboxylic acid groups (broad SMARTS) is 1. The van der Waals surface area contributed by atoms with Crippen LogP contribution in [0.2, 0.25) is 0 Å². The molecule has 156 valence electrons. The van der Waals surface area contributed by atoms with Gasteiger partial charge >= 0.3 is 5.97 Å². The number of nitrogens with zero attached hydrogens (tertiary/aromatic N) is 1. The first-order valence-corrected chi connectivity index (χ1v) is 9.91.